The lowest BCUT2D eigenvalue weighted by atomic mass is 9.98. The normalized spacial score (nSPS) is 11.5. The molecule has 0 saturated heterocycles. The molecule has 0 aliphatic carbocycles. The molecule has 1 N–H and O–H groups in total. The molecular weight excluding hydrogens is 274 g/mol. The van der Waals surface area contributed by atoms with Crippen LogP contribution in [0.1, 0.15) is 25.8 Å². The lowest BCUT2D eigenvalue weighted by Gasteiger charge is -2.16. The van der Waals surface area contributed by atoms with E-state index in [4.69, 9.17) is 0 Å². The number of rotatable bonds is 4. The summed E-state index contributed by atoms with van der Waals surface area (Å²) in [5, 5.41) is 20.4. The van der Waals surface area contributed by atoms with Gasteiger partial charge in [0.05, 0.1) is 10.5 Å². The first-order valence-corrected chi connectivity index (χ1v) is 5.74. The first kappa shape index (κ1) is 13.1. The van der Waals surface area contributed by atoms with Gasteiger partial charge in [-0.25, -0.2) is 0 Å². The predicted octanol–water partition coefficient (Wildman–Crippen LogP) is 3.06. The fourth-order valence-corrected chi connectivity index (χ4v) is 1.71. The van der Waals surface area contributed by atoms with Crippen LogP contribution in [0.25, 0.3) is 0 Å². The van der Waals surface area contributed by atoms with Crippen molar-refractivity contribution in [2.75, 3.05) is 0 Å². The first-order valence-electron chi connectivity index (χ1n) is 4.95. The number of nitro benzene ring substituents is 1. The molecule has 0 radical (unpaired) electrons. The molecule has 88 valence electrons. The topological polar surface area (TPSA) is 63.4 Å². The van der Waals surface area contributed by atoms with Crippen LogP contribution in [0.5, 0.6) is 0 Å². The van der Waals surface area contributed by atoms with E-state index in [0.29, 0.717) is 22.9 Å². The third-order valence-electron chi connectivity index (χ3n) is 2.25. The van der Waals surface area contributed by atoms with Crippen molar-refractivity contribution in [3.63, 3.8) is 0 Å². The van der Waals surface area contributed by atoms with Crippen LogP contribution in [0, 0.1) is 10.1 Å². The van der Waals surface area contributed by atoms with Crippen molar-refractivity contribution in [3.05, 3.63) is 38.3 Å². The number of aryl methyl sites for hydroxylation is 1. The largest absolute Gasteiger partial charge is 0.390 e. The summed E-state index contributed by atoms with van der Waals surface area (Å²) in [6.07, 6.45) is 0.989. The summed E-state index contributed by atoms with van der Waals surface area (Å²) in [5.74, 6) is 0. The highest BCUT2D eigenvalue weighted by atomic mass is 79.9. The van der Waals surface area contributed by atoms with Gasteiger partial charge in [0.15, 0.2) is 0 Å². The van der Waals surface area contributed by atoms with E-state index in [9.17, 15) is 15.2 Å². The Hall–Kier alpha value is -0.940. The Morgan fingerprint density at radius 2 is 2.12 bits per heavy atom. The predicted molar refractivity (Wildman–Crippen MR) is 65.4 cm³/mol. The van der Waals surface area contributed by atoms with Crippen LogP contribution in [-0.2, 0) is 6.42 Å². The molecule has 0 aliphatic heterocycles. The second-order valence-electron chi connectivity index (χ2n) is 4.34. The molecule has 0 unspecified atom stereocenters. The highest BCUT2D eigenvalue weighted by Gasteiger charge is 2.18. The molecule has 0 heterocycles. The Kier molecular flexibility index (Phi) is 4.04. The first-order chi connectivity index (χ1) is 7.29. The zero-order chi connectivity index (χ0) is 12.3. The molecule has 0 amide bonds. The smallest absolute Gasteiger partial charge is 0.273 e. The van der Waals surface area contributed by atoms with Crippen LogP contribution in [0.4, 0.5) is 5.69 Å². The Morgan fingerprint density at radius 1 is 1.50 bits per heavy atom. The van der Waals surface area contributed by atoms with E-state index in [2.05, 4.69) is 15.9 Å². The van der Waals surface area contributed by atoms with Crippen molar-refractivity contribution >= 4 is 21.6 Å². The van der Waals surface area contributed by atoms with Crippen LogP contribution in [0.2, 0.25) is 0 Å². The molecule has 0 fully saturated rings. The lowest BCUT2D eigenvalue weighted by molar-refractivity contribution is -0.385. The van der Waals surface area contributed by atoms with Gasteiger partial charge in [-0.2, -0.15) is 0 Å². The van der Waals surface area contributed by atoms with E-state index >= 15 is 0 Å². The fraction of sp³-hybridized carbons (Fsp3) is 0.455. The monoisotopic (exact) mass is 287 g/mol. The summed E-state index contributed by atoms with van der Waals surface area (Å²) < 4.78 is 0.686. The Morgan fingerprint density at radius 3 is 2.62 bits per heavy atom. The van der Waals surface area contributed by atoms with Gasteiger partial charge in [0, 0.05) is 16.1 Å². The molecule has 0 spiro atoms. The third-order valence-corrected chi connectivity index (χ3v) is 2.74. The number of hydrogen-bond donors (Lipinski definition) is 1. The van der Waals surface area contributed by atoms with Crippen molar-refractivity contribution in [3.8, 4) is 0 Å². The van der Waals surface area contributed by atoms with Crippen molar-refractivity contribution in [1.29, 1.82) is 0 Å². The van der Waals surface area contributed by atoms with E-state index in [1.807, 2.05) is 0 Å². The second-order valence-corrected chi connectivity index (χ2v) is 5.26. The van der Waals surface area contributed by atoms with Gasteiger partial charge in [-0.15, -0.1) is 0 Å². The summed E-state index contributed by atoms with van der Waals surface area (Å²) in [6.45, 7) is 3.38. The number of benzene rings is 1. The van der Waals surface area contributed by atoms with Crippen LogP contribution in [0.3, 0.4) is 0 Å². The minimum absolute atomic E-state index is 0.0959. The van der Waals surface area contributed by atoms with Crippen LogP contribution in [0.15, 0.2) is 22.7 Å². The summed E-state index contributed by atoms with van der Waals surface area (Å²) in [6, 6.07) is 4.97. The number of nitro groups is 1. The molecule has 0 aromatic heterocycles. The molecule has 1 aromatic rings. The summed E-state index contributed by atoms with van der Waals surface area (Å²) >= 11 is 3.20. The fourth-order valence-electron chi connectivity index (χ4n) is 1.36. The number of nitrogens with zero attached hydrogens (tertiary/aromatic N) is 1. The summed E-state index contributed by atoms with van der Waals surface area (Å²) in [7, 11) is 0. The third kappa shape index (κ3) is 3.90. The average Bonchev–Trinajstić information content (AvgIpc) is 2.14. The molecule has 0 saturated carbocycles. The van der Waals surface area contributed by atoms with E-state index in [0.717, 1.165) is 0 Å². The minimum Gasteiger partial charge on any atom is -0.390 e. The Bertz CT molecular complexity index is 399. The van der Waals surface area contributed by atoms with Crippen molar-refractivity contribution in [2.24, 2.45) is 0 Å². The zero-order valence-electron chi connectivity index (χ0n) is 9.24. The molecule has 16 heavy (non-hydrogen) atoms. The van der Waals surface area contributed by atoms with Crippen LogP contribution >= 0.6 is 15.9 Å². The minimum atomic E-state index is -0.805. The SMILES string of the molecule is CC(C)(O)CCc1ccc(Br)cc1[N+](=O)[O-]. The lowest BCUT2D eigenvalue weighted by Crippen LogP contribution is -2.19. The van der Waals surface area contributed by atoms with Crippen molar-refractivity contribution in [2.45, 2.75) is 32.3 Å². The number of aliphatic hydroxyl groups is 1. The second kappa shape index (κ2) is 4.93. The number of halogens is 1. The Balaban J connectivity index is 2.91. The van der Waals surface area contributed by atoms with Crippen molar-refractivity contribution < 1.29 is 10.0 Å². The van der Waals surface area contributed by atoms with Gasteiger partial charge in [-0.3, -0.25) is 10.1 Å². The van der Waals surface area contributed by atoms with Gasteiger partial charge in [0.1, 0.15) is 0 Å². The van der Waals surface area contributed by atoms with Crippen molar-refractivity contribution in [1.82, 2.24) is 0 Å². The highest BCUT2D eigenvalue weighted by Crippen LogP contribution is 2.26. The van der Waals surface area contributed by atoms with E-state index < -0.39 is 10.5 Å². The van der Waals surface area contributed by atoms with Gasteiger partial charge in [0.25, 0.3) is 5.69 Å². The van der Waals surface area contributed by atoms with Gasteiger partial charge in [0.2, 0.25) is 0 Å². The maximum atomic E-state index is 10.8. The molecule has 0 aliphatic rings. The maximum absolute atomic E-state index is 10.8. The quantitative estimate of drug-likeness (QED) is 0.684. The molecule has 5 heteroatoms. The molecule has 4 nitrogen and oxygen atoms in total. The highest BCUT2D eigenvalue weighted by molar-refractivity contribution is 9.10. The molecule has 0 atom stereocenters. The summed E-state index contributed by atoms with van der Waals surface area (Å²) in [5.41, 5.74) is -0.0602. The van der Waals surface area contributed by atoms with Crippen LogP contribution in [-0.4, -0.2) is 15.6 Å². The van der Waals surface area contributed by atoms with E-state index in [1.54, 1.807) is 26.0 Å². The van der Waals surface area contributed by atoms with Crippen LogP contribution < -0.4 is 0 Å². The zero-order valence-corrected chi connectivity index (χ0v) is 10.8. The van der Waals surface area contributed by atoms with Gasteiger partial charge < -0.3 is 5.11 Å². The van der Waals surface area contributed by atoms with E-state index in [-0.39, 0.29) is 5.69 Å². The summed E-state index contributed by atoms with van der Waals surface area (Å²) in [4.78, 5) is 10.4. The molecule has 1 aromatic carbocycles. The van der Waals surface area contributed by atoms with Gasteiger partial charge in [-0.1, -0.05) is 22.0 Å². The molecule has 0 bridgehead atoms. The van der Waals surface area contributed by atoms with Gasteiger partial charge >= 0.3 is 0 Å². The molecular formula is C11H14BrNO3. The van der Waals surface area contributed by atoms with E-state index in [1.165, 1.54) is 6.07 Å². The number of hydrogen-bond acceptors (Lipinski definition) is 3. The Labute approximate surface area is 103 Å². The van der Waals surface area contributed by atoms with Gasteiger partial charge in [-0.05, 0) is 32.8 Å². The molecule has 1 rings (SSSR count). The average molecular weight is 288 g/mol. The standard InChI is InChI=1S/C11H14BrNO3/c1-11(2,14)6-5-8-3-4-9(12)7-10(8)13(15)16/h3-4,7,14H,5-6H2,1-2H3. The maximum Gasteiger partial charge on any atom is 0.273 e.